The highest BCUT2D eigenvalue weighted by molar-refractivity contribution is 7.16. The summed E-state index contributed by atoms with van der Waals surface area (Å²) in [6, 6.07) is 13.2. The van der Waals surface area contributed by atoms with Gasteiger partial charge in [-0.3, -0.25) is 14.9 Å². The Morgan fingerprint density at radius 3 is 2.83 bits per heavy atom. The molecular formula is C21H16N4O2S2. The van der Waals surface area contributed by atoms with E-state index in [0.29, 0.717) is 35.9 Å². The maximum atomic E-state index is 13.0. The minimum Gasteiger partial charge on any atom is -0.332 e. The number of nitrogens with one attached hydrogen (secondary N) is 1. The second-order valence-electron chi connectivity index (χ2n) is 6.72. The summed E-state index contributed by atoms with van der Waals surface area (Å²) in [5.74, 6) is -0.246. The summed E-state index contributed by atoms with van der Waals surface area (Å²) in [5, 5.41) is 8.12. The van der Waals surface area contributed by atoms with Crippen LogP contribution in [-0.2, 0) is 13.0 Å². The van der Waals surface area contributed by atoms with Crippen LogP contribution in [-0.4, -0.2) is 33.2 Å². The Kier molecular flexibility index (Phi) is 4.57. The van der Waals surface area contributed by atoms with E-state index in [9.17, 15) is 9.59 Å². The fraction of sp³-hybridized carbons (Fsp3) is 0.143. The van der Waals surface area contributed by atoms with Gasteiger partial charge in [-0.2, -0.15) is 11.3 Å². The first-order chi connectivity index (χ1) is 14.2. The summed E-state index contributed by atoms with van der Waals surface area (Å²) in [4.78, 5) is 37.1. The molecule has 0 bridgehead atoms. The molecule has 1 N–H and O–H groups in total. The third kappa shape index (κ3) is 3.52. The highest BCUT2D eigenvalue weighted by Crippen LogP contribution is 2.29. The molecule has 8 heteroatoms. The number of thiazole rings is 1. The van der Waals surface area contributed by atoms with Gasteiger partial charge < -0.3 is 4.90 Å². The van der Waals surface area contributed by atoms with Crippen molar-refractivity contribution in [3.8, 4) is 0 Å². The molecule has 0 radical (unpaired) electrons. The van der Waals surface area contributed by atoms with Crippen molar-refractivity contribution in [3.63, 3.8) is 0 Å². The van der Waals surface area contributed by atoms with Crippen LogP contribution >= 0.6 is 22.7 Å². The molecule has 2 amide bonds. The number of hydrogen-bond donors (Lipinski definition) is 1. The molecule has 1 aliphatic rings. The van der Waals surface area contributed by atoms with E-state index in [1.807, 2.05) is 35.7 Å². The number of pyridine rings is 1. The average Bonchev–Trinajstić information content (AvgIpc) is 3.42. The zero-order chi connectivity index (χ0) is 19.8. The summed E-state index contributed by atoms with van der Waals surface area (Å²) < 4.78 is 0. The van der Waals surface area contributed by atoms with Crippen molar-refractivity contribution < 1.29 is 9.59 Å². The quantitative estimate of drug-likeness (QED) is 0.539. The molecule has 0 atom stereocenters. The zero-order valence-electron chi connectivity index (χ0n) is 15.3. The van der Waals surface area contributed by atoms with Crippen LogP contribution in [0.2, 0.25) is 0 Å². The van der Waals surface area contributed by atoms with Crippen molar-refractivity contribution in [1.82, 2.24) is 14.9 Å². The van der Waals surface area contributed by atoms with Gasteiger partial charge in [0.1, 0.15) is 5.69 Å². The third-order valence-corrected chi connectivity index (χ3v) is 6.52. The predicted octanol–water partition coefficient (Wildman–Crippen LogP) is 4.20. The summed E-state index contributed by atoms with van der Waals surface area (Å²) in [6.07, 6.45) is 0.666. The Morgan fingerprint density at radius 2 is 1.97 bits per heavy atom. The molecule has 3 aromatic heterocycles. The Balaban J connectivity index is 1.33. The number of carbonyl (C=O) groups excluding carboxylic acids is 2. The van der Waals surface area contributed by atoms with Crippen LogP contribution in [0.15, 0.2) is 53.2 Å². The molecule has 0 saturated heterocycles. The first-order valence-corrected chi connectivity index (χ1v) is 10.9. The Morgan fingerprint density at radius 1 is 1.07 bits per heavy atom. The van der Waals surface area contributed by atoms with Crippen molar-refractivity contribution in [2.45, 2.75) is 13.0 Å². The van der Waals surface area contributed by atoms with Crippen LogP contribution in [0.25, 0.3) is 10.9 Å². The van der Waals surface area contributed by atoms with Gasteiger partial charge in [0.15, 0.2) is 5.13 Å². The molecular weight excluding hydrogens is 404 g/mol. The van der Waals surface area contributed by atoms with Crippen molar-refractivity contribution >= 4 is 50.5 Å². The van der Waals surface area contributed by atoms with Gasteiger partial charge in [-0.15, -0.1) is 0 Å². The lowest BCUT2D eigenvalue weighted by molar-refractivity contribution is 0.0730. The lowest BCUT2D eigenvalue weighted by atomic mass is 10.1. The monoisotopic (exact) mass is 420 g/mol. The van der Waals surface area contributed by atoms with Gasteiger partial charge in [0, 0.05) is 28.6 Å². The van der Waals surface area contributed by atoms with Crippen LogP contribution in [0.3, 0.4) is 0 Å². The number of carbonyl (C=O) groups is 2. The van der Waals surface area contributed by atoms with Gasteiger partial charge in [-0.25, -0.2) is 9.97 Å². The van der Waals surface area contributed by atoms with E-state index in [1.165, 1.54) is 22.7 Å². The number of amides is 2. The van der Waals surface area contributed by atoms with E-state index in [-0.39, 0.29) is 11.8 Å². The van der Waals surface area contributed by atoms with Crippen molar-refractivity contribution in [3.05, 3.63) is 75.1 Å². The number of thiophene rings is 1. The number of hydrogen-bond acceptors (Lipinski definition) is 6. The normalized spacial score (nSPS) is 13.3. The fourth-order valence-electron chi connectivity index (χ4n) is 3.33. The maximum Gasteiger partial charge on any atom is 0.272 e. The Labute approximate surface area is 174 Å². The Hall–Kier alpha value is -3.10. The zero-order valence-corrected chi connectivity index (χ0v) is 16.9. The maximum absolute atomic E-state index is 13.0. The highest BCUT2D eigenvalue weighted by atomic mass is 32.1. The molecule has 4 aromatic rings. The number of aromatic nitrogens is 2. The first-order valence-electron chi connectivity index (χ1n) is 9.14. The van der Waals surface area contributed by atoms with Gasteiger partial charge in [-0.1, -0.05) is 35.6 Å². The summed E-state index contributed by atoms with van der Waals surface area (Å²) >= 11 is 2.91. The van der Waals surface area contributed by atoms with Gasteiger partial charge in [0.2, 0.25) is 0 Å². The summed E-state index contributed by atoms with van der Waals surface area (Å²) in [7, 11) is 0. The highest BCUT2D eigenvalue weighted by Gasteiger charge is 2.26. The van der Waals surface area contributed by atoms with Gasteiger partial charge in [-0.05, 0) is 23.6 Å². The largest absolute Gasteiger partial charge is 0.332 e. The standard InChI is InChI=1S/C21H16N4O2S2/c26-19(14-8-10-28-12-14)24-21-23-16-7-9-25(11-18(16)29-21)20(27)17-6-5-13-3-1-2-4-15(13)22-17/h1-6,8,10,12H,7,9,11H2,(H,23,24,26). The predicted molar refractivity (Wildman–Crippen MR) is 115 cm³/mol. The van der Waals surface area contributed by atoms with E-state index in [2.05, 4.69) is 15.3 Å². The average molecular weight is 421 g/mol. The second kappa shape index (κ2) is 7.38. The number of para-hydroxylation sites is 1. The number of anilines is 1. The van der Waals surface area contributed by atoms with Gasteiger partial charge >= 0.3 is 0 Å². The molecule has 5 rings (SSSR count). The smallest absolute Gasteiger partial charge is 0.272 e. The molecule has 0 unspecified atom stereocenters. The molecule has 1 aliphatic heterocycles. The van der Waals surface area contributed by atoms with E-state index in [1.54, 1.807) is 22.4 Å². The Bertz CT molecular complexity index is 1220. The first kappa shape index (κ1) is 18.0. The molecule has 144 valence electrons. The van der Waals surface area contributed by atoms with E-state index >= 15 is 0 Å². The van der Waals surface area contributed by atoms with Crippen LogP contribution in [0.4, 0.5) is 5.13 Å². The molecule has 29 heavy (non-hydrogen) atoms. The van der Waals surface area contributed by atoms with Crippen LogP contribution in [0, 0.1) is 0 Å². The molecule has 6 nitrogen and oxygen atoms in total. The van der Waals surface area contributed by atoms with Crippen LogP contribution in [0.1, 0.15) is 31.4 Å². The number of rotatable bonds is 3. The van der Waals surface area contributed by atoms with E-state index in [4.69, 9.17) is 0 Å². The summed E-state index contributed by atoms with van der Waals surface area (Å²) in [5.41, 5.74) is 2.84. The molecule has 0 fully saturated rings. The van der Waals surface area contributed by atoms with Gasteiger partial charge in [0.25, 0.3) is 11.8 Å². The van der Waals surface area contributed by atoms with Crippen LogP contribution < -0.4 is 5.32 Å². The van der Waals surface area contributed by atoms with Crippen molar-refractivity contribution in [1.29, 1.82) is 0 Å². The van der Waals surface area contributed by atoms with E-state index in [0.717, 1.165) is 21.5 Å². The number of fused-ring (bicyclic) bond motifs is 2. The number of nitrogens with zero attached hydrogens (tertiary/aromatic N) is 3. The van der Waals surface area contributed by atoms with E-state index < -0.39 is 0 Å². The SMILES string of the molecule is O=C(Nc1nc2c(s1)CN(C(=O)c1ccc3ccccc3n1)CC2)c1ccsc1. The third-order valence-electron chi connectivity index (χ3n) is 4.84. The molecule has 0 aliphatic carbocycles. The lowest BCUT2D eigenvalue weighted by Gasteiger charge is -2.25. The van der Waals surface area contributed by atoms with Crippen LogP contribution in [0.5, 0.6) is 0 Å². The fourth-order valence-corrected chi connectivity index (χ4v) is 4.99. The summed E-state index contributed by atoms with van der Waals surface area (Å²) in [6.45, 7) is 1.07. The molecule has 0 saturated carbocycles. The molecule has 4 heterocycles. The minimum atomic E-state index is -0.161. The minimum absolute atomic E-state index is 0.0846. The van der Waals surface area contributed by atoms with Crippen molar-refractivity contribution in [2.75, 3.05) is 11.9 Å². The van der Waals surface area contributed by atoms with Crippen molar-refractivity contribution in [2.24, 2.45) is 0 Å². The topological polar surface area (TPSA) is 75.2 Å². The number of benzene rings is 1. The lowest BCUT2D eigenvalue weighted by Crippen LogP contribution is -2.35. The molecule has 1 aromatic carbocycles. The second-order valence-corrected chi connectivity index (χ2v) is 8.58. The molecule has 0 spiro atoms. The van der Waals surface area contributed by atoms with Gasteiger partial charge in [0.05, 0.1) is 23.3 Å².